The number of imidazole rings is 1. The number of amides is 1. The molecular weight excluding hydrogens is 458 g/mol. The SMILES string of the molecule is CCN1CC[C@@H]1COc1cnn(C)c1-c1ccc2nc(NC(=O)[C@@H]3C[C@@H]3c3ncc(C)cn3)cn2n1. The molecule has 1 amide bonds. The lowest BCUT2D eigenvalue weighted by Gasteiger charge is -2.39. The molecule has 0 radical (unpaired) electrons. The molecule has 1 aliphatic carbocycles. The zero-order valence-corrected chi connectivity index (χ0v) is 20.6. The summed E-state index contributed by atoms with van der Waals surface area (Å²) >= 11 is 0. The number of likely N-dealkylation sites (N-methyl/N-ethyl adjacent to an activating group) is 1. The van der Waals surface area contributed by atoms with Gasteiger partial charge < -0.3 is 10.1 Å². The third kappa shape index (κ3) is 4.19. The predicted molar refractivity (Wildman–Crippen MR) is 133 cm³/mol. The van der Waals surface area contributed by atoms with Gasteiger partial charge in [0, 0.05) is 43.9 Å². The number of likely N-dealkylation sites (tertiary alicyclic amines) is 1. The highest BCUT2D eigenvalue weighted by Gasteiger charge is 2.46. The van der Waals surface area contributed by atoms with Gasteiger partial charge >= 0.3 is 0 Å². The van der Waals surface area contributed by atoms with Gasteiger partial charge in [-0.2, -0.15) is 10.2 Å². The monoisotopic (exact) mass is 487 g/mol. The molecule has 1 N–H and O–H groups in total. The zero-order chi connectivity index (χ0) is 24.8. The van der Waals surface area contributed by atoms with E-state index in [0.29, 0.717) is 35.6 Å². The smallest absolute Gasteiger partial charge is 0.229 e. The summed E-state index contributed by atoms with van der Waals surface area (Å²) in [4.78, 5) is 28.4. The van der Waals surface area contributed by atoms with E-state index in [1.165, 1.54) is 0 Å². The number of nitrogens with zero attached hydrogens (tertiary/aromatic N) is 8. The third-order valence-corrected chi connectivity index (χ3v) is 7.08. The van der Waals surface area contributed by atoms with Gasteiger partial charge in [-0.15, -0.1) is 0 Å². The van der Waals surface area contributed by atoms with Crippen LogP contribution in [0.1, 0.15) is 37.1 Å². The van der Waals surface area contributed by atoms with Gasteiger partial charge in [0.15, 0.2) is 17.2 Å². The lowest BCUT2D eigenvalue weighted by molar-refractivity contribution is -0.117. The number of carbonyl (C=O) groups is 1. The first-order chi connectivity index (χ1) is 17.5. The minimum atomic E-state index is -0.144. The molecule has 1 aliphatic heterocycles. The minimum absolute atomic E-state index is 0.0555. The molecular formula is C25H29N9O2. The summed E-state index contributed by atoms with van der Waals surface area (Å²) in [6.45, 7) is 6.91. The maximum atomic E-state index is 12.8. The summed E-state index contributed by atoms with van der Waals surface area (Å²) in [7, 11) is 1.87. The Hall–Kier alpha value is -3.86. The summed E-state index contributed by atoms with van der Waals surface area (Å²) in [6.07, 6.45) is 8.92. The Morgan fingerprint density at radius 2 is 2.06 bits per heavy atom. The van der Waals surface area contributed by atoms with Crippen molar-refractivity contribution in [1.82, 2.24) is 39.2 Å². The maximum Gasteiger partial charge on any atom is 0.229 e. The van der Waals surface area contributed by atoms with Crippen LogP contribution in [-0.2, 0) is 11.8 Å². The molecule has 0 spiro atoms. The van der Waals surface area contributed by atoms with Crippen molar-refractivity contribution in [2.75, 3.05) is 25.0 Å². The van der Waals surface area contributed by atoms with Crippen LogP contribution in [-0.4, -0.2) is 70.9 Å². The third-order valence-electron chi connectivity index (χ3n) is 7.08. The van der Waals surface area contributed by atoms with Gasteiger partial charge in [0.1, 0.15) is 23.8 Å². The van der Waals surface area contributed by atoms with Crippen molar-refractivity contribution in [3.05, 3.63) is 48.3 Å². The van der Waals surface area contributed by atoms with Crippen molar-refractivity contribution < 1.29 is 9.53 Å². The van der Waals surface area contributed by atoms with Crippen molar-refractivity contribution in [2.45, 2.75) is 38.6 Å². The van der Waals surface area contributed by atoms with Crippen LogP contribution in [0.4, 0.5) is 5.82 Å². The van der Waals surface area contributed by atoms with E-state index in [1.54, 1.807) is 34.0 Å². The summed E-state index contributed by atoms with van der Waals surface area (Å²) in [5.41, 5.74) is 3.16. The molecule has 11 nitrogen and oxygen atoms in total. The first-order valence-electron chi connectivity index (χ1n) is 12.3. The fourth-order valence-corrected chi connectivity index (χ4v) is 4.75. The predicted octanol–water partition coefficient (Wildman–Crippen LogP) is 2.44. The second-order valence-corrected chi connectivity index (χ2v) is 9.57. The highest BCUT2D eigenvalue weighted by molar-refractivity contribution is 5.94. The number of fused-ring (bicyclic) bond motifs is 1. The molecule has 1 saturated carbocycles. The number of rotatable bonds is 8. The van der Waals surface area contributed by atoms with Crippen LogP contribution in [0, 0.1) is 12.8 Å². The number of nitrogens with one attached hydrogen (secondary N) is 1. The first-order valence-corrected chi connectivity index (χ1v) is 12.3. The van der Waals surface area contributed by atoms with Crippen molar-refractivity contribution >= 4 is 17.4 Å². The Labute approximate surface area is 208 Å². The molecule has 2 aliphatic rings. The van der Waals surface area contributed by atoms with Gasteiger partial charge in [-0.1, -0.05) is 6.92 Å². The van der Waals surface area contributed by atoms with Crippen LogP contribution in [0.3, 0.4) is 0 Å². The number of anilines is 1. The van der Waals surface area contributed by atoms with Crippen LogP contribution in [0.5, 0.6) is 5.75 Å². The van der Waals surface area contributed by atoms with Gasteiger partial charge in [-0.25, -0.2) is 19.5 Å². The number of carbonyl (C=O) groups excluding carboxylic acids is 1. The van der Waals surface area contributed by atoms with Crippen molar-refractivity contribution in [3.63, 3.8) is 0 Å². The molecule has 11 heteroatoms. The Kier molecular flexibility index (Phi) is 5.63. The number of aryl methyl sites for hydroxylation is 2. The van der Waals surface area contributed by atoms with Crippen molar-refractivity contribution in [1.29, 1.82) is 0 Å². The summed E-state index contributed by atoms with van der Waals surface area (Å²) in [6, 6.07) is 4.21. The molecule has 0 aromatic carbocycles. The van der Waals surface area contributed by atoms with Crippen LogP contribution in [0.25, 0.3) is 17.0 Å². The van der Waals surface area contributed by atoms with Gasteiger partial charge in [0.25, 0.3) is 0 Å². The summed E-state index contributed by atoms with van der Waals surface area (Å²) in [5, 5.41) is 12.0. The standard InChI is InChI=1S/C25H29N9O2/c1-4-33-8-7-16(33)14-36-20-12-28-32(3)23(20)19-5-6-22-29-21(13-34(22)31-19)30-25(35)18-9-17(18)24-26-10-15(2)11-27-24/h5-6,10-13,16-18H,4,7-9,14H2,1-3H3,(H,30,35)/t16-,17+,18-/m1/s1. The van der Waals surface area contributed by atoms with Gasteiger partial charge in [0.05, 0.1) is 12.4 Å². The Morgan fingerprint density at radius 1 is 1.22 bits per heavy atom. The van der Waals surface area contributed by atoms with Gasteiger partial charge in [-0.05, 0) is 44.0 Å². The van der Waals surface area contributed by atoms with Gasteiger partial charge in [0.2, 0.25) is 5.91 Å². The fourth-order valence-electron chi connectivity index (χ4n) is 4.75. The maximum absolute atomic E-state index is 12.8. The lowest BCUT2D eigenvalue weighted by Crippen LogP contribution is -2.50. The summed E-state index contributed by atoms with van der Waals surface area (Å²) < 4.78 is 9.58. The Morgan fingerprint density at radius 3 is 2.81 bits per heavy atom. The minimum Gasteiger partial charge on any atom is -0.488 e. The van der Waals surface area contributed by atoms with Crippen molar-refractivity contribution in [2.24, 2.45) is 13.0 Å². The van der Waals surface area contributed by atoms with Gasteiger partial charge in [-0.3, -0.25) is 14.4 Å². The molecule has 0 bridgehead atoms. The molecule has 5 heterocycles. The number of aromatic nitrogens is 7. The number of hydrogen-bond donors (Lipinski definition) is 1. The molecule has 1 saturated heterocycles. The molecule has 4 aromatic rings. The van der Waals surface area contributed by atoms with Crippen molar-refractivity contribution in [3.8, 4) is 17.1 Å². The second kappa shape index (κ2) is 8.98. The molecule has 36 heavy (non-hydrogen) atoms. The highest BCUT2D eigenvalue weighted by atomic mass is 16.5. The zero-order valence-electron chi connectivity index (χ0n) is 20.6. The Balaban J connectivity index is 1.15. The van der Waals surface area contributed by atoms with E-state index in [4.69, 9.17) is 9.84 Å². The molecule has 6 rings (SSSR count). The number of ether oxygens (including phenoxy) is 1. The van der Waals surface area contributed by atoms with E-state index in [-0.39, 0.29) is 17.7 Å². The van der Waals surface area contributed by atoms with E-state index in [2.05, 4.69) is 37.2 Å². The summed E-state index contributed by atoms with van der Waals surface area (Å²) in [5.74, 6) is 1.72. The average molecular weight is 488 g/mol. The van der Waals surface area contributed by atoms with E-state index < -0.39 is 0 Å². The quantitative estimate of drug-likeness (QED) is 0.403. The average Bonchev–Trinajstić information content (AvgIpc) is 3.43. The number of hydrogen-bond acceptors (Lipinski definition) is 8. The first kappa shape index (κ1) is 22.6. The van der Waals surface area contributed by atoms with E-state index >= 15 is 0 Å². The molecule has 186 valence electrons. The van der Waals surface area contributed by atoms with Crippen LogP contribution >= 0.6 is 0 Å². The Bertz CT molecular complexity index is 1410. The van der Waals surface area contributed by atoms with E-state index in [9.17, 15) is 4.79 Å². The second-order valence-electron chi connectivity index (χ2n) is 9.57. The van der Waals surface area contributed by atoms with Crippen LogP contribution < -0.4 is 10.1 Å². The normalized spacial score (nSPS) is 21.4. The van der Waals surface area contributed by atoms with Crippen LogP contribution in [0.15, 0.2) is 36.9 Å². The lowest BCUT2D eigenvalue weighted by atomic mass is 10.0. The van der Waals surface area contributed by atoms with Crippen LogP contribution in [0.2, 0.25) is 0 Å². The largest absolute Gasteiger partial charge is 0.488 e. The topological polar surface area (TPSA) is 115 Å². The molecule has 4 aromatic heterocycles. The van der Waals surface area contributed by atoms with E-state index in [0.717, 1.165) is 43.0 Å². The van der Waals surface area contributed by atoms with E-state index in [1.807, 2.05) is 26.1 Å². The molecule has 0 unspecified atom stereocenters. The molecule has 3 atom stereocenters. The highest BCUT2D eigenvalue weighted by Crippen LogP contribution is 2.46. The fraction of sp³-hybridized carbons (Fsp3) is 0.440. The molecule has 2 fully saturated rings.